The molecule has 2 unspecified atom stereocenters. The van der Waals surface area contributed by atoms with Crippen LogP contribution in [0.1, 0.15) is 70.6 Å². The maximum absolute atomic E-state index is 12.8. The second-order valence-corrected chi connectivity index (χ2v) is 7.09. The molecule has 2 aromatic rings. The van der Waals surface area contributed by atoms with Crippen LogP contribution in [0.25, 0.3) is 6.08 Å². The van der Waals surface area contributed by atoms with E-state index in [-0.39, 0.29) is 11.8 Å². The van der Waals surface area contributed by atoms with Gasteiger partial charge in [0.05, 0.1) is 6.61 Å². The van der Waals surface area contributed by atoms with E-state index in [1.54, 1.807) is 13.0 Å². The molecule has 0 aliphatic heterocycles. The molecule has 132 valence electrons. The first-order valence-electron chi connectivity index (χ1n) is 9.29. The average Bonchev–Trinajstić information content (AvgIpc) is 3.29. The van der Waals surface area contributed by atoms with Crippen LogP contribution in [0.2, 0.25) is 0 Å². The molecule has 3 nitrogen and oxygen atoms in total. The van der Waals surface area contributed by atoms with Crippen molar-refractivity contribution in [2.75, 3.05) is 6.61 Å². The lowest BCUT2D eigenvalue weighted by Gasteiger charge is -2.15. The third-order valence-corrected chi connectivity index (χ3v) is 5.53. The normalized spacial score (nSPS) is 20.3. The molecule has 2 aromatic carbocycles. The molecule has 2 bridgehead atoms. The second-order valence-electron chi connectivity index (χ2n) is 7.09. The number of fused-ring (bicyclic) bond motifs is 5. The molecule has 1 fully saturated rings. The molecule has 0 radical (unpaired) electrons. The Balaban J connectivity index is 1.50. The summed E-state index contributed by atoms with van der Waals surface area (Å²) < 4.78 is 4.86. The summed E-state index contributed by atoms with van der Waals surface area (Å²) >= 11 is 0. The summed E-state index contributed by atoms with van der Waals surface area (Å²) in [5.74, 6) is 1.05. The topological polar surface area (TPSA) is 43.4 Å². The van der Waals surface area contributed by atoms with Gasteiger partial charge in [0.25, 0.3) is 0 Å². The third-order valence-electron chi connectivity index (χ3n) is 5.53. The smallest absolute Gasteiger partial charge is 0.330 e. The molecule has 2 atom stereocenters. The van der Waals surface area contributed by atoms with E-state index in [4.69, 9.17) is 4.74 Å². The highest BCUT2D eigenvalue weighted by molar-refractivity contribution is 6.09. The number of ether oxygens (including phenoxy) is 1. The van der Waals surface area contributed by atoms with Crippen LogP contribution < -0.4 is 0 Å². The molecular weight excluding hydrogens is 324 g/mol. The Hall–Kier alpha value is -2.68. The Morgan fingerprint density at radius 1 is 1.00 bits per heavy atom. The predicted octanol–water partition coefficient (Wildman–Crippen LogP) is 4.86. The maximum atomic E-state index is 12.8. The molecule has 2 aliphatic rings. The van der Waals surface area contributed by atoms with E-state index in [1.165, 1.54) is 36.5 Å². The Labute approximate surface area is 153 Å². The predicted molar refractivity (Wildman–Crippen MR) is 101 cm³/mol. The van der Waals surface area contributed by atoms with Crippen molar-refractivity contribution >= 4 is 17.8 Å². The minimum Gasteiger partial charge on any atom is -0.463 e. The fourth-order valence-corrected chi connectivity index (χ4v) is 4.25. The van der Waals surface area contributed by atoms with Gasteiger partial charge < -0.3 is 4.74 Å². The van der Waals surface area contributed by atoms with Crippen LogP contribution in [0.4, 0.5) is 0 Å². The van der Waals surface area contributed by atoms with Crippen LogP contribution in [0.5, 0.6) is 0 Å². The van der Waals surface area contributed by atoms with Gasteiger partial charge >= 0.3 is 5.97 Å². The first kappa shape index (κ1) is 16.8. The highest BCUT2D eigenvalue weighted by Gasteiger charge is 2.36. The van der Waals surface area contributed by atoms with Gasteiger partial charge in [0, 0.05) is 17.2 Å². The zero-order valence-electron chi connectivity index (χ0n) is 14.9. The Kier molecular flexibility index (Phi) is 4.46. The van der Waals surface area contributed by atoms with Crippen molar-refractivity contribution in [2.24, 2.45) is 0 Å². The van der Waals surface area contributed by atoms with Crippen molar-refractivity contribution in [2.45, 2.75) is 38.0 Å². The summed E-state index contributed by atoms with van der Waals surface area (Å²) in [7, 11) is 0. The van der Waals surface area contributed by atoms with Gasteiger partial charge in [-0.2, -0.15) is 0 Å². The van der Waals surface area contributed by atoms with Crippen molar-refractivity contribution < 1.29 is 14.3 Å². The minimum absolute atomic E-state index is 0.0523. The molecule has 0 aromatic heterocycles. The van der Waals surface area contributed by atoms with Crippen LogP contribution in [0.15, 0.2) is 48.5 Å². The van der Waals surface area contributed by atoms with E-state index in [9.17, 15) is 9.59 Å². The SMILES string of the molecule is CCOC(=O)/C=C/c1ccc(C(=O)c2ccc3c(c2)C2CCC3C2)cc1. The lowest BCUT2D eigenvalue weighted by Crippen LogP contribution is -2.05. The number of hydrogen-bond donors (Lipinski definition) is 0. The first-order valence-corrected chi connectivity index (χ1v) is 9.29. The van der Waals surface area contributed by atoms with Crippen molar-refractivity contribution in [3.8, 4) is 0 Å². The maximum Gasteiger partial charge on any atom is 0.330 e. The molecule has 0 N–H and O–H groups in total. The molecule has 26 heavy (non-hydrogen) atoms. The number of hydrogen-bond acceptors (Lipinski definition) is 3. The molecule has 1 saturated carbocycles. The number of esters is 1. The van der Waals surface area contributed by atoms with Crippen molar-refractivity contribution in [1.82, 2.24) is 0 Å². The molecule has 0 spiro atoms. The molecular formula is C23H22O3. The number of benzene rings is 2. The van der Waals surface area contributed by atoms with Crippen LogP contribution in [-0.2, 0) is 9.53 Å². The quantitative estimate of drug-likeness (QED) is 0.441. The average molecular weight is 346 g/mol. The van der Waals surface area contributed by atoms with Gasteiger partial charge in [-0.3, -0.25) is 4.79 Å². The Morgan fingerprint density at radius 2 is 1.69 bits per heavy atom. The number of carbonyl (C=O) groups excluding carboxylic acids is 2. The van der Waals surface area contributed by atoms with E-state index in [0.29, 0.717) is 24.0 Å². The monoisotopic (exact) mass is 346 g/mol. The Morgan fingerprint density at radius 3 is 2.42 bits per heavy atom. The lowest BCUT2D eigenvalue weighted by molar-refractivity contribution is -0.137. The van der Waals surface area contributed by atoms with E-state index in [0.717, 1.165) is 11.1 Å². The largest absolute Gasteiger partial charge is 0.463 e. The summed E-state index contributed by atoms with van der Waals surface area (Å²) in [5.41, 5.74) is 5.15. The zero-order valence-corrected chi connectivity index (χ0v) is 14.9. The standard InChI is InChI=1S/C23H22O3/c1-2-26-22(24)12-5-15-3-6-16(7-4-15)23(25)19-10-11-20-17-8-9-18(13-17)21(20)14-19/h3-7,10-12,14,17-18H,2,8-9,13H2,1H3/b12-5+. The van der Waals surface area contributed by atoms with Crippen molar-refractivity contribution in [1.29, 1.82) is 0 Å². The van der Waals surface area contributed by atoms with Crippen molar-refractivity contribution in [3.63, 3.8) is 0 Å². The number of rotatable bonds is 5. The lowest BCUT2D eigenvalue weighted by atomic mass is 9.89. The van der Waals surface area contributed by atoms with Gasteiger partial charge in [-0.1, -0.05) is 36.4 Å². The van der Waals surface area contributed by atoms with Gasteiger partial charge in [0.15, 0.2) is 5.78 Å². The van der Waals surface area contributed by atoms with Crippen LogP contribution in [-0.4, -0.2) is 18.4 Å². The fraction of sp³-hybridized carbons (Fsp3) is 0.304. The minimum atomic E-state index is -0.361. The molecule has 3 heteroatoms. The molecule has 0 heterocycles. The first-order chi connectivity index (χ1) is 12.7. The van der Waals surface area contributed by atoms with Gasteiger partial charge in [-0.25, -0.2) is 4.79 Å². The summed E-state index contributed by atoms with van der Waals surface area (Å²) in [6.07, 6.45) is 6.91. The summed E-state index contributed by atoms with van der Waals surface area (Å²) in [5, 5.41) is 0. The molecule has 0 amide bonds. The van der Waals surface area contributed by atoms with E-state index >= 15 is 0 Å². The number of carbonyl (C=O) groups is 2. The van der Waals surface area contributed by atoms with Gasteiger partial charge in [0.2, 0.25) is 0 Å². The third kappa shape index (κ3) is 3.10. The van der Waals surface area contributed by atoms with Crippen LogP contribution >= 0.6 is 0 Å². The molecule has 0 saturated heterocycles. The van der Waals surface area contributed by atoms with Crippen LogP contribution in [0, 0.1) is 0 Å². The summed E-state index contributed by atoms with van der Waals surface area (Å²) in [6.45, 7) is 2.13. The summed E-state index contributed by atoms with van der Waals surface area (Å²) in [6, 6.07) is 13.5. The van der Waals surface area contributed by atoms with E-state index in [1.807, 2.05) is 30.3 Å². The molecule has 4 rings (SSSR count). The fourth-order valence-electron chi connectivity index (χ4n) is 4.25. The van der Waals surface area contributed by atoms with Gasteiger partial charge in [-0.15, -0.1) is 0 Å². The molecule has 2 aliphatic carbocycles. The zero-order chi connectivity index (χ0) is 18.1. The second kappa shape index (κ2) is 6.91. The van der Waals surface area contributed by atoms with Crippen LogP contribution in [0.3, 0.4) is 0 Å². The van der Waals surface area contributed by atoms with Crippen molar-refractivity contribution in [3.05, 3.63) is 76.4 Å². The van der Waals surface area contributed by atoms with Gasteiger partial charge in [-0.05, 0) is 66.9 Å². The highest BCUT2D eigenvalue weighted by atomic mass is 16.5. The number of ketones is 1. The summed E-state index contributed by atoms with van der Waals surface area (Å²) in [4.78, 5) is 24.2. The highest BCUT2D eigenvalue weighted by Crippen LogP contribution is 2.53. The van der Waals surface area contributed by atoms with E-state index < -0.39 is 0 Å². The van der Waals surface area contributed by atoms with Gasteiger partial charge in [0.1, 0.15) is 0 Å². The Bertz CT molecular complexity index is 877. The van der Waals surface area contributed by atoms with E-state index in [2.05, 4.69) is 12.1 Å².